The van der Waals surface area contributed by atoms with E-state index in [1.807, 2.05) is 6.08 Å². The molecule has 17 atom stereocenters. The van der Waals surface area contributed by atoms with Gasteiger partial charge in [0.1, 0.15) is 73.2 Å². The normalized spacial score (nSPS) is 25.6. The lowest BCUT2D eigenvalue weighted by Gasteiger charge is -2.48. The van der Waals surface area contributed by atoms with Gasteiger partial charge in [0.05, 0.1) is 38.6 Å². The van der Waals surface area contributed by atoms with Gasteiger partial charge in [-0.1, -0.05) is 356 Å². The SMILES string of the molecule is CC/C=C\C/C=C\C/C=C\C/C=C\C/C=C\CCCCCCCCCCCCCCCCCCCC(=O)NC(COC1OC(CO)C(OC2OC(CO)C(OC3OC(CO)C(O)C(O)C3O)C(O)C2O)C(O)C1O)C(O)/C=C/CC/C=C/CCCCCCCCCCCCCCCCCCCCCCCCCCCC. The molecule has 0 aromatic rings. The summed E-state index contributed by atoms with van der Waals surface area (Å²) in [6.45, 7) is 1.65. The molecule has 3 saturated heterocycles. The van der Waals surface area contributed by atoms with Gasteiger partial charge in [0.15, 0.2) is 18.9 Å². The van der Waals surface area contributed by atoms with Crippen molar-refractivity contribution in [1.82, 2.24) is 5.32 Å². The summed E-state index contributed by atoms with van der Waals surface area (Å²) in [5.74, 6) is -0.282. The molecular weight excluding hydrogens is 1390 g/mol. The number of hydrogen-bond donors (Lipinski definition) is 12. The molecule has 0 bridgehead atoms. The zero-order valence-corrected chi connectivity index (χ0v) is 69.0. The minimum absolute atomic E-state index is 0.234. The Morgan fingerprint density at radius 2 is 0.636 bits per heavy atom. The smallest absolute Gasteiger partial charge is 0.220 e. The molecule has 12 N–H and O–H groups in total. The fourth-order valence-electron chi connectivity index (χ4n) is 14.8. The molecule has 3 aliphatic heterocycles. The Morgan fingerprint density at radius 1 is 0.336 bits per heavy atom. The lowest BCUT2D eigenvalue weighted by atomic mass is 9.96. The van der Waals surface area contributed by atoms with E-state index in [-0.39, 0.29) is 18.9 Å². The van der Waals surface area contributed by atoms with Crippen molar-refractivity contribution >= 4 is 5.91 Å². The molecule has 3 fully saturated rings. The molecule has 17 unspecified atom stereocenters. The van der Waals surface area contributed by atoms with E-state index in [0.29, 0.717) is 12.8 Å². The summed E-state index contributed by atoms with van der Waals surface area (Å²) in [6.07, 6.45) is 68.8. The van der Waals surface area contributed by atoms with Crippen molar-refractivity contribution in [2.24, 2.45) is 0 Å². The first-order chi connectivity index (χ1) is 53.8. The summed E-state index contributed by atoms with van der Waals surface area (Å²) >= 11 is 0. The van der Waals surface area contributed by atoms with Crippen LogP contribution in [0.25, 0.3) is 0 Å². The maximum atomic E-state index is 13.5. The fourth-order valence-corrected chi connectivity index (χ4v) is 14.8. The van der Waals surface area contributed by atoms with E-state index in [9.17, 15) is 61.0 Å². The van der Waals surface area contributed by atoms with Gasteiger partial charge in [0.25, 0.3) is 0 Å². The quantitative estimate of drug-likeness (QED) is 0.0199. The molecule has 110 heavy (non-hydrogen) atoms. The van der Waals surface area contributed by atoms with E-state index in [4.69, 9.17) is 28.4 Å². The van der Waals surface area contributed by atoms with Crippen LogP contribution in [-0.4, -0.2) is 193 Å². The monoisotopic (exact) mass is 1560 g/mol. The summed E-state index contributed by atoms with van der Waals surface area (Å²) in [6, 6.07) is -0.996. The molecule has 0 aromatic carbocycles. The first kappa shape index (κ1) is 101. The van der Waals surface area contributed by atoms with E-state index >= 15 is 0 Å². The predicted octanol–water partition coefficient (Wildman–Crippen LogP) is 16.9. The number of aliphatic hydroxyl groups is 11. The molecule has 1 amide bonds. The van der Waals surface area contributed by atoms with Crippen LogP contribution in [0.4, 0.5) is 0 Å². The maximum Gasteiger partial charge on any atom is 0.220 e. The Labute approximate surface area is 667 Å². The largest absolute Gasteiger partial charge is 0.394 e. The molecule has 0 aliphatic carbocycles. The third-order valence-corrected chi connectivity index (χ3v) is 21.9. The van der Waals surface area contributed by atoms with Gasteiger partial charge >= 0.3 is 0 Å². The zero-order valence-electron chi connectivity index (χ0n) is 69.0. The number of hydrogen-bond acceptors (Lipinski definition) is 18. The van der Waals surface area contributed by atoms with Crippen molar-refractivity contribution in [2.75, 3.05) is 26.4 Å². The van der Waals surface area contributed by atoms with E-state index in [1.54, 1.807) is 6.08 Å². The molecule has 19 nitrogen and oxygen atoms in total. The fraction of sp³-hybridized carbons (Fsp3) is 0.835. The number of rotatable bonds is 72. The van der Waals surface area contributed by atoms with E-state index in [0.717, 1.165) is 70.6 Å². The molecule has 3 heterocycles. The standard InChI is InChI=1S/C91H163NO18/c1-3-5-7-9-11-13-15-17-19-21-23-25-27-29-31-33-35-37-39-41-43-45-47-49-51-53-55-57-59-61-63-65-67-69-79(97)92-74(75(96)68-66-64-62-60-58-56-54-52-50-48-46-44-42-40-38-36-34-32-30-28-26-24-22-20-18-16-14-12-10-8-6-4-2)73-105-89-85(103)82(100)87(77(71-94)107-89)110-91-86(104)83(101)88(78(72-95)108-91)109-90-84(102)81(99)80(98)76(70-93)106-90/h5,7,11,13,17,19,23,25,29,31,58,60,66,68,74-78,80-91,93-96,98-104H,3-4,6,8-10,12,14-16,18,20-22,24,26-28,30,32-57,59,61-65,67,69-73H2,1-2H3,(H,92,97)/b7-5-,13-11-,19-17-,25-23-,31-29-,60-58+,68-66+. The molecular formula is C91H163NO18. The Hall–Kier alpha value is -3.03. The van der Waals surface area contributed by atoms with Crippen LogP contribution in [0.15, 0.2) is 85.1 Å². The van der Waals surface area contributed by atoms with Crippen LogP contribution in [0.3, 0.4) is 0 Å². The maximum absolute atomic E-state index is 13.5. The summed E-state index contributed by atoms with van der Waals surface area (Å²) in [7, 11) is 0. The van der Waals surface area contributed by atoms with Gasteiger partial charge < -0.3 is 89.9 Å². The van der Waals surface area contributed by atoms with Gasteiger partial charge in [-0.25, -0.2) is 0 Å². The number of allylic oxidation sites excluding steroid dienone is 13. The van der Waals surface area contributed by atoms with E-state index < -0.39 is 124 Å². The summed E-state index contributed by atoms with van der Waals surface area (Å²) in [5.41, 5.74) is 0. The number of amides is 1. The predicted molar refractivity (Wildman–Crippen MR) is 443 cm³/mol. The number of unbranched alkanes of at least 4 members (excludes halogenated alkanes) is 44. The van der Waals surface area contributed by atoms with Crippen molar-refractivity contribution in [3.8, 4) is 0 Å². The zero-order chi connectivity index (χ0) is 79.5. The van der Waals surface area contributed by atoms with Crippen molar-refractivity contribution in [3.05, 3.63) is 85.1 Å². The minimum Gasteiger partial charge on any atom is -0.394 e. The highest BCUT2D eigenvalue weighted by atomic mass is 16.8. The van der Waals surface area contributed by atoms with Crippen molar-refractivity contribution in [1.29, 1.82) is 0 Å². The second-order valence-electron chi connectivity index (χ2n) is 31.7. The molecule has 0 saturated carbocycles. The first-order valence-electron chi connectivity index (χ1n) is 44.8. The topological polar surface area (TPSA) is 307 Å². The summed E-state index contributed by atoms with van der Waals surface area (Å²) < 4.78 is 34.5. The first-order valence-corrected chi connectivity index (χ1v) is 44.8. The minimum atomic E-state index is -1.98. The van der Waals surface area contributed by atoms with Crippen LogP contribution in [0.5, 0.6) is 0 Å². The molecule has 19 heteroatoms. The molecule has 3 rings (SSSR count). The molecule has 0 aromatic heterocycles. The number of aliphatic hydroxyl groups excluding tert-OH is 11. The lowest BCUT2D eigenvalue weighted by molar-refractivity contribution is -0.379. The highest BCUT2D eigenvalue weighted by Crippen LogP contribution is 2.33. The average Bonchev–Trinajstić information content (AvgIpc) is 0.780. The van der Waals surface area contributed by atoms with Crippen LogP contribution >= 0.6 is 0 Å². The number of carbonyl (C=O) groups is 1. The van der Waals surface area contributed by atoms with Gasteiger partial charge in [-0.15, -0.1) is 0 Å². The van der Waals surface area contributed by atoms with Gasteiger partial charge in [0, 0.05) is 6.42 Å². The lowest BCUT2D eigenvalue weighted by Crippen LogP contribution is -2.66. The Balaban J connectivity index is 1.34. The number of nitrogens with one attached hydrogen (secondary N) is 1. The van der Waals surface area contributed by atoms with Crippen LogP contribution in [-0.2, 0) is 33.2 Å². The van der Waals surface area contributed by atoms with Crippen LogP contribution in [0, 0.1) is 0 Å². The summed E-state index contributed by atoms with van der Waals surface area (Å²) in [4.78, 5) is 13.5. The average molecular weight is 1560 g/mol. The highest BCUT2D eigenvalue weighted by Gasteiger charge is 2.54. The van der Waals surface area contributed by atoms with Gasteiger partial charge in [-0.2, -0.15) is 0 Å². The highest BCUT2D eigenvalue weighted by molar-refractivity contribution is 5.76. The molecule has 0 radical (unpaired) electrons. The van der Waals surface area contributed by atoms with Crippen molar-refractivity contribution in [3.63, 3.8) is 0 Å². The molecule has 3 aliphatic rings. The van der Waals surface area contributed by atoms with Gasteiger partial charge in [-0.05, 0) is 77.0 Å². The second-order valence-corrected chi connectivity index (χ2v) is 31.7. The molecule has 640 valence electrons. The van der Waals surface area contributed by atoms with E-state index in [2.05, 4.69) is 92.1 Å². The van der Waals surface area contributed by atoms with Crippen LogP contribution in [0.2, 0.25) is 0 Å². The van der Waals surface area contributed by atoms with E-state index in [1.165, 1.54) is 250 Å². The molecule has 0 spiro atoms. The van der Waals surface area contributed by atoms with Crippen LogP contribution < -0.4 is 5.32 Å². The Kier molecular flexibility index (Phi) is 64.6. The number of carbonyl (C=O) groups excluding carboxylic acids is 1. The van der Waals surface area contributed by atoms with Crippen molar-refractivity contribution in [2.45, 2.75) is 458 Å². The second kappa shape index (κ2) is 70.2. The van der Waals surface area contributed by atoms with Crippen molar-refractivity contribution < 1.29 is 89.4 Å². The number of ether oxygens (including phenoxy) is 6. The van der Waals surface area contributed by atoms with Gasteiger partial charge in [-0.3, -0.25) is 4.79 Å². The Morgan fingerprint density at radius 3 is 1.02 bits per heavy atom. The third-order valence-electron chi connectivity index (χ3n) is 21.9. The Bertz CT molecular complexity index is 2310. The third kappa shape index (κ3) is 48.5. The summed E-state index contributed by atoms with van der Waals surface area (Å²) in [5, 5.41) is 121. The van der Waals surface area contributed by atoms with Gasteiger partial charge in [0.2, 0.25) is 5.91 Å². The van der Waals surface area contributed by atoms with Crippen LogP contribution in [0.1, 0.15) is 354 Å².